The number of aromatic nitrogens is 5. The molecule has 18 heavy (non-hydrogen) atoms. The Kier molecular flexibility index (Phi) is 4.09. The molecule has 0 unspecified atom stereocenters. The van der Waals surface area contributed by atoms with Crippen molar-refractivity contribution < 1.29 is 0 Å². The molecule has 0 aliphatic heterocycles. The second kappa shape index (κ2) is 5.77. The molecular formula is C12H20N6. The van der Waals surface area contributed by atoms with Gasteiger partial charge in [0, 0.05) is 6.20 Å². The smallest absolute Gasteiger partial charge is 0.141 e. The van der Waals surface area contributed by atoms with E-state index in [9.17, 15) is 0 Å². The van der Waals surface area contributed by atoms with Gasteiger partial charge in [-0.2, -0.15) is 10.2 Å². The summed E-state index contributed by atoms with van der Waals surface area (Å²) in [5, 5.41) is 8.74. The van der Waals surface area contributed by atoms with Crippen molar-refractivity contribution in [1.29, 1.82) is 0 Å². The molecule has 2 aromatic rings. The molecular weight excluding hydrogens is 228 g/mol. The van der Waals surface area contributed by atoms with E-state index in [2.05, 4.69) is 29.0 Å². The Bertz CT molecular complexity index is 482. The van der Waals surface area contributed by atoms with E-state index >= 15 is 0 Å². The van der Waals surface area contributed by atoms with Crippen LogP contribution in [0.2, 0.25) is 0 Å². The molecule has 2 N–H and O–H groups in total. The molecule has 2 heterocycles. The van der Waals surface area contributed by atoms with Gasteiger partial charge in [-0.25, -0.2) is 9.67 Å². The molecule has 0 spiro atoms. The predicted octanol–water partition coefficient (Wildman–Crippen LogP) is 1.34. The number of rotatable bonds is 6. The summed E-state index contributed by atoms with van der Waals surface area (Å²) in [6.45, 7) is 5.38. The molecule has 0 bridgehead atoms. The van der Waals surface area contributed by atoms with Gasteiger partial charge in [0.05, 0.1) is 24.8 Å². The topological polar surface area (TPSA) is 74.5 Å². The van der Waals surface area contributed by atoms with Crippen LogP contribution in [-0.4, -0.2) is 24.5 Å². The van der Waals surface area contributed by atoms with Crippen LogP contribution in [0.15, 0.2) is 18.6 Å². The fourth-order valence-corrected chi connectivity index (χ4v) is 2.06. The maximum atomic E-state index is 5.60. The molecule has 0 aliphatic rings. The molecule has 0 amide bonds. The average Bonchev–Trinajstić information content (AvgIpc) is 3.01. The van der Waals surface area contributed by atoms with E-state index in [1.165, 1.54) is 6.33 Å². The van der Waals surface area contributed by atoms with Gasteiger partial charge in [-0.15, -0.1) is 0 Å². The number of hydrogen-bond acceptors (Lipinski definition) is 4. The van der Waals surface area contributed by atoms with Gasteiger partial charge < -0.3 is 5.73 Å². The Balaban J connectivity index is 2.11. The molecule has 0 fully saturated rings. The Morgan fingerprint density at radius 2 is 2.11 bits per heavy atom. The van der Waals surface area contributed by atoms with E-state index in [1.807, 2.05) is 16.9 Å². The zero-order chi connectivity index (χ0) is 13.0. The molecule has 2 rings (SSSR count). The monoisotopic (exact) mass is 248 g/mol. The molecule has 98 valence electrons. The largest absolute Gasteiger partial charge is 0.324 e. The fourth-order valence-electron chi connectivity index (χ4n) is 2.06. The first kappa shape index (κ1) is 12.8. The summed E-state index contributed by atoms with van der Waals surface area (Å²) >= 11 is 0. The predicted molar refractivity (Wildman–Crippen MR) is 68.9 cm³/mol. The average molecular weight is 248 g/mol. The SMILES string of the molecule is CCC(CC)n1ccc(Cn2ncnc2CN)n1. The Morgan fingerprint density at radius 3 is 2.78 bits per heavy atom. The normalized spacial score (nSPS) is 11.3. The highest BCUT2D eigenvalue weighted by Crippen LogP contribution is 2.14. The third-order valence-electron chi connectivity index (χ3n) is 3.17. The van der Waals surface area contributed by atoms with E-state index in [0.717, 1.165) is 24.4 Å². The van der Waals surface area contributed by atoms with Crippen molar-refractivity contribution in [2.24, 2.45) is 5.73 Å². The molecule has 0 aliphatic carbocycles. The zero-order valence-electron chi connectivity index (χ0n) is 11.0. The second-order valence-electron chi connectivity index (χ2n) is 4.30. The highest BCUT2D eigenvalue weighted by Gasteiger charge is 2.09. The lowest BCUT2D eigenvalue weighted by atomic mass is 10.2. The fraction of sp³-hybridized carbons (Fsp3) is 0.583. The van der Waals surface area contributed by atoms with Gasteiger partial charge in [0.2, 0.25) is 0 Å². The minimum absolute atomic E-state index is 0.396. The van der Waals surface area contributed by atoms with Crippen LogP contribution in [0.1, 0.15) is 44.2 Å². The first-order valence-electron chi connectivity index (χ1n) is 6.39. The van der Waals surface area contributed by atoms with E-state index in [-0.39, 0.29) is 0 Å². The molecule has 0 saturated heterocycles. The van der Waals surface area contributed by atoms with Crippen LogP contribution in [0.3, 0.4) is 0 Å². The first-order chi connectivity index (χ1) is 8.78. The van der Waals surface area contributed by atoms with Crippen molar-refractivity contribution in [3.05, 3.63) is 30.1 Å². The van der Waals surface area contributed by atoms with Crippen LogP contribution in [0, 0.1) is 0 Å². The Labute approximate surface area is 107 Å². The van der Waals surface area contributed by atoms with Gasteiger partial charge in [-0.1, -0.05) is 13.8 Å². The van der Waals surface area contributed by atoms with Crippen molar-refractivity contribution >= 4 is 0 Å². The van der Waals surface area contributed by atoms with Gasteiger partial charge in [0.1, 0.15) is 12.2 Å². The maximum Gasteiger partial charge on any atom is 0.141 e. The summed E-state index contributed by atoms with van der Waals surface area (Å²) in [7, 11) is 0. The van der Waals surface area contributed by atoms with Crippen LogP contribution < -0.4 is 5.73 Å². The van der Waals surface area contributed by atoms with Crippen molar-refractivity contribution in [2.75, 3.05) is 0 Å². The zero-order valence-corrected chi connectivity index (χ0v) is 11.0. The first-order valence-corrected chi connectivity index (χ1v) is 6.39. The highest BCUT2D eigenvalue weighted by molar-refractivity contribution is 5.01. The van der Waals surface area contributed by atoms with E-state index in [0.29, 0.717) is 19.1 Å². The molecule has 0 radical (unpaired) electrons. The van der Waals surface area contributed by atoms with Crippen LogP contribution >= 0.6 is 0 Å². The maximum absolute atomic E-state index is 5.60. The number of nitrogens with two attached hydrogens (primary N) is 1. The second-order valence-corrected chi connectivity index (χ2v) is 4.30. The minimum atomic E-state index is 0.396. The lowest BCUT2D eigenvalue weighted by Crippen LogP contribution is -2.12. The third kappa shape index (κ3) is 2.59. The lowest BCUT2D eigenvalue weighted by molar-refractivity contribution is 0.423. The third-order valence-corrected chi connectivity index (χ3v) is 3.17. The van der Waals surface area contributed by atoms with Gasteiger partial charge >= 0.3 is 0 Å². The summed E-state index contributed by atoms with van der Waals surface area (Å²) in [5.74, 6) is 0.784. The van der Waals surface area contributed by atoms with Crippen molar-refractivity contribution in [2.45, 2.75) is 45.8 Å². The van der Waals surface area contributed by atoms with Gasteiger partial charge in [-0.05, 0) is 18.9 Å². The highest BCUT2D eigenvalue weighted by atomic mass is 15.4. The summed E-state index contributed by atoms with van der Waals surface area (Å²) in [6, 6.07) is 2.50. The van der Waals surface area contributed by atoms with E-state index in [1.54, 1.807) is 4.68 Å². The molecule has 0 aromatic carbocycles. The van der Waals surface area contributed by atoms with Crippen molar-refractivity contribution in [1.82, 2.24) is 24.5 Å². The van der Waals surface area contributed by atoms with Crippen molar-refractivity contribution in [3.8, 4) is 0 Å². The van der Waals surface area contributed by atoms with Crippen LogP contribution in [-0.2, 0) is 13.1 Å². The van der Waals surface area contributed by atoms with Crippen LogP contribution in [0.4, 0.5) is 0 Å². The van der Waals surface area contributed by atoms with E-state index in [4.69, 9.17) is 5.73 Å². The number of hydrogen-bond donors (Lipinski definition) is 1. The summed E-state index contributed by atoms with van der Waals surface area (Å²) in [6.07, 6.45) is 5.75. The van der Waals surface area contributed by atoms with Gasteiger partial charge in [0.15, 0.2) is 0 Å². The van der Waals surface area contributed by atoms with Gasteiger partial charge in [-0.3, -0.25) is 4.68 Å². The molecule has 0 saturated carbocycles. The Hall–Kier alpha value is -1.69. The number of nitrogens with zero attached hydrogens (tertiary/aromatic N) is 5. The van der Waals surface area contributed by atoms with Crippen molar-refractivity contribution in [3.63, 3.8) is 0 Å². The molecule has 6 heteroatoms. The van der Waals surface area contributed by atoms with E-state index < -0.39 is 0 Å². The Morgan fingerprint density at radius 1 is 1.33 bits per heavy atom. The lowest BCUT2D eigenvalue weighted by Gasteiger charge is -2.12. The quantitative estimate of drug-likeness (QED) is 0.837. The van der Waals surface area contributed by atoms with Crippen LogP contribution in [0.25, 0.3) is 0 Å². The summed E-state index contributed by atoms with van der Waals surface area (Å²) in [5.41, 5.74) is 6.58. The minimum Gasteiger partial charge on any atom is -0.324 e. The standard InChI is InChI=1S/C12H20N6/c1-3-11(4-2)17-6-5-10(16-17)8-18-12(7-13)14-9-15-18/h5-6,9,11H,3-4,7-8,13H2,1-2H3. The summed E-state index contributed by atoms with van der Waals surface area (Å²) in [4.78, 5) is 4.10. The van der Waals surface area contributed by atoms with Gasteiger partial charge in [0.25, 0.3) is 0 Å². The molecule has 2 aromatic heterocycles. The summed E-state index contributed by atoms with van der Waals surface area (Å²) < 4.78 is 3.83. The van der Waals surface area contributed by atoms with Crippen LogP contribution in [0.5, 0.6) is 0 Å². The molecule has 0 atom stereocenters. The molecule has 6 nitrogen and oxygen atoms in total.